The van der Waals surface area contributed by atoms with Crippen molar-refractivity contribution < 1.29 is 4.79 Å². The second kappa shape index (κ2) is 6.67. The number of aromatic nitrogens is 4. The summed E-state index contributed by atoms with van der Waals surface area (Å²) in [5.41, 5.74) is 1.03. The summed E-state index contributed by atoms with van der Waals surface area (Å²) in [4.78, 5) is 25.1. The highest BCUT2D eigenvalue weighted by molar-refractivity contribution is 7.22. The van der Waals surface area contributed by atoms with Gasteiger partial charge in [-0.15, -0.1) is 5.10 Å². The van der Waals surface area contributed by atoms with Crippen LogP contribution in [0.2, 0.25) is 0 Å². The molecule has 1 N–H and O–H groups in total. The Hall–Kier alpha value is -2.68. The smallest absolute Gasteiger partial charge is 0.324 e. The SMILES string of the molecule is CCn1cnc(NC(=O)N2CCN(c3nc4ccccc4s3)CC2)n1. The predicted molar refractivity (Wildman–Crippen MR) is 98.1 cm³/mol. The lowest BCUT2D eigenvalue weighted by molar-refractivity contribution is 0.208. The number of nitrogens with zero attached hydrogens (tertiary/aromatic N) is 6. The van der Waals surface area contributed by atoms with Crippen LogP contribution in [-0.4, -0.2) is 56.9 Å². The van der Waals surface area contributed by atoms with Crippen LogP contribution in [0.15, 0.2) is 30.6 Å². The largest absolute Gasteiger partial charge is 0.345 e. The molecule has 0 unspecified atom stereocenters. The van der Waals surface area contributed by atoms with Crippen molar-refractivity contribution in [3.05, 3.63) is 30.6 Å². The Bertz CT molecular complexity index is 848. The van der Waals surface area contributed by atoms with E-state index in [2.05, 4.69) is 31.3 Å². The Labute approximate surface area is 149 Å². The molecule has 4 rings (SSSR count). The summed E-state index contributed by atoms with van der Waals surface area (Å²) in [6.07, 6.45) is 1.61. The van der Waals surface area contributed by atoms with E-state index >= 15 is 0 Å². The van der Waals surface area contributed by atoms with Crippen molar-refractivity contribution in [1.29, 1.82) is 0 Å². The molecule has 2 amide bonds. The summed E-state index contributed by atoms with van der Waals surface area (Å²) in [7, 11) is 0. The standard InChI is InChI=1S/C16H19N7OS/c1-2-23-11-17-14(20-23)19-15(24)21-7-9-22(10-8-21)16-18-12-5-3-4-6-13(12)25-16/h3-6,11H,2,7-10H2,1H3,(H,19,20,24). The molecule has 0 spiro atoms. The van der Waals surface area contributed by atoms with Gasteiger partial charge < -0.3 is 9.80 Å². The zero-order chi connectivity index (χ0) is 17.2. The second-order valence-electron chi connectivity index (χ2n) is 5.79. The van der Waals surface area contributed by atoms with Crippen molar-refractivity contribution >= 4 is 38.7 Å². The van der Waals surface area contributed by atoms with E-state index in [1.54, 1.807) is 27.2 Å². The third-order valence-corrected chi connectivity index (χ3v) is 5.30. The third-order valence-electron chi connectivity index (χ3n) is 4.20. The molecule has 1 saturated heterocycles. The van der Waals surface area contributed by atoms with Crippen LogP contribution in [0.1, 0.15) is 6.92 Å². The van der Waals surface area contributed by atoms with Gasteiger partial charge >= 0.3 is 6.03 Å². The molecule has 3 heterocycles. The molecule has 130 valence electrons. The molecule has 0 radical (unpaired) electrons. The highest BCUT2D eigenvalue weighted by atomic mass is 32.1. The number of carbonyl (C=O) groups is 1. The fourth-order valence-electron chi connectivity index (χ4n) is 2.78. The van der Waals surface area contributed by atoms with Crippen molar-refractivity contribution in [2.45, 2.75) is 13.5 Å². The second-order valence-corrected chi connectivity index (χ2v) is 6.80. The molecule has 1 aliphatic rings. The van der Waals surface area contributed by atoms with Crippen molar-refractivity contribution in [2.75, 3.05) is 36.4 Å². The Balaban J connectivity index is 1.36. The Morgan fingerprint density at radius 1 is 1.24 bits per heavy atom. The summed E-state index contributed by atoms with van der Waals surface area (Å²) in [5, 5.41) is 7.95. The lowest BCUT2D eigenvalue weighted by atomic mass is 10.3. The zero-order valence-electron chi connectivity index (χ0n) is 13.9. The number of nitrogens with one attached hydrogen (secondary N) is 1. The van der Waals surface area contributed by atoms with Gasteiger partial charge in [0.15, 0.2) is 5.13 Å². The minimum absolute atomic E-state index is 0.155. The Kier molecular flexibility index (Phi) is 4.22. The molecule has 2 aromatic heterocycles. The van der Waals surface area contributed by atoms with Crippen LogP contribution in [0.5, 0.6) is 0 Å². The Morgan fingerprint density at radius 2 is 2.04 bits per heavy atom. The number of piperazine rings is 1. The van der Waals surface area contributed by atoms with Gasteiger partial charge in [0, 0.05) is 32.7 Å². The molecule has 1 aromatic carbocycles. The number of para-hydroxylation sites is 1. The summed E-state index contributed by atoms with van der Waals surface area (Å²) in [5.74, 6) is 0.348. The zero-order valence-corrected chi connectivity index (χ0v) is 14.7. The molecule has 25 heavy (non-hydrogen) atoms. The molecule has 1 fully saturated rings. The van der Waals surface area contributed by atoms with Crippen molar-refractivity contribution in [2.24, 2.45) is 0 Å². The normalized spacial score (nSPS) is 14.9. The molecular weight excluding hydrogens is 338 g/mol. The molecule has 0 aliphatic carbocycles. The van der Waals surface area contributed by atoms with Gasteiger partial charge in [0.1, 0.15) is 6.33 Å². The molecule has 1 aliphatic heterocycles. The average molecular weight is 357 g/mol. The van der Waals surface area contributed by atoms with Gasteiger partial charge in [-0.05, 0) is 19.1 Å². The number of amides is 2. The van der Waals surface area contributed by atoms with Crippen molar-refractivity contribution in [3.8, 4) is 0 Å². The number of hydrogen-bond acceptors (Lipinski definition) is 6. The first-order chi connectivity index (χ1) is 12.2. The van der Waals surface area contributed by atoms with Gasteiger partial charge in [-0.3, -0.25) is 10.00 Å². The Morgan fingerprint density at radius 3 is 2.76 bits per heavy atom. The first kappa shape index (κ1) is 15.8. The quantitative estimate of drug-likeness (QED) is 0.778. The van der Waals surface area contributed by atoms with Crippen LogP contribution in [0, 0.1) is 0 Å². The van der Waals surface area contributed by atoms with Gasteiger partial charge in [-0.2, -0.15) is 0 Å². The summed E-state index contributed by atoms with van der Waals surface area (Å²) in [6.45, 7) is 5.53. The third kappa shape index (κ3) is 3.27. The summed E-state index contributed by atoms with van der Waals surface area (Å²) in [6, 6.07) is 7.99. The van der Waals surface area contributed by atoms with Gasteiger partial charge in [-0.1, -0.05) is 23.5 Å². The number of aryl methyl sites for hydroxylation is 1. The minimum atomic E-state index is -0.155. The summed E-state index contributed by atoms with van der Waals surface area (Å²) < 4.78 is 2.87. The fourth-order valence-corrected chi connectivity index (χ4v) is 3.79. The van der Waals surface area contributed by atoms with E-state index < -0.39 is 0 Å². The van der Waals surface area contributed by atoms with E-state index in [0.717, 1.165) is 30.3 Å². The highest BCUT2D eigenvalue weighted by Gasteiger charge is 2.23. The number of hydrogen-bond donors (Lipinski definition) is 1. The molecule has 0 saturated carbocycles. The van der Waals surface area contributed by atoms with Crippen molar-refractivity contribution in [1.82, 2.24) is 24.6 Å². The monoisotopic (exact) mass is 357 g/mol. The number of urea groups is 1. The molecule has 8 nitrogen and oxygen atoms in total. The van der Waals surface area contributed by atoms with Gasteiger partial charge in [-0.25, -0.2) is 14.8 Å². The van der Waals surface area contributed by atoms with Crippen molar-refractivity contribution in [3.63, 3.8) is 0 Å². The topological polar surface area (TPSA) is 79.2 Å². The first-order valence-corrected chi connectivity index (χ1v) is 9.10. The molecule has 3 aromatic rings. The highest BCUT2D eigenvalue weighted by Crippen LogP contribution is 2.29. The number of thiazole rings is 1. The van der Waals surface area contributed by atoms with Crippen LogP contribution in [0.4, 0.5) is 15.9 Å². The van der Waals surface area contributed by atoms with E-state index in [1.807, 2.05) is 25.1 Å². The van der Waals surface area contributed by atoms with Crippen LogP contribution >= 0.6 is 11.3 Å². The van der Waals surface area contributed by atoms with Crippen LogP contribution < -0.4 is 10.2 Å². The van der Waals surface area contributed by atoms with E-state index in [0.29, 0.717) is 19.0 Å². The van der Waals surface area contributed by atoms with Crippen LogP contribution in [0.25, 0.3) is 10.2 Å². The average Bonchev–Trinajstić information content (AvgIpc) is 3.28. The lowest BCUT2D eigenvalue weighted by Crippen LogP contribution is -2.50. The van der Waals surface area contributed by atoms with E-state index in [4.69, 9.17) is 0 Å². The van der Waals surface area contributed by atoms with E-state index in [-0.39, 0.29) is 6.03 Å². The molecule has 0 atom stereocenters. The maximum absolute atomic E-state index is 12.3. The molecule has 0 bridgehead atoms. The van der Waals surface area contributed by atoms with E-state index in [9.17, 15) is 4.79 Å². The van der Waals surface area contributed by atoms with Gasteiger partial charge in [0.2, 0.25) is 5.95 Å². The number of carbonyl (C=O) groups excluding carboxylic acids is 1. The number of fused-ring (bicyclic) bond motifs is 1. The minimum Gasteiger partial charge on any atom is -0.345 e. The van der Waals surface area contributed by atoms with Crippen LogP contribution in [0.3, 0.4) is 0 Å². The number of benzene rings is 1. The van der Waals surface area contributed by atoms with Crippen LogP contribution in [-0.2, 0) is 6.54 Å². The lowest BCUT2D eigenvalue weighted by Gasteiger charge is -2.34. The van der Waals surface area contributed by atoms with E-state index in [1.165, 1.54) is 4.70 Å². The fraction of sp³-hybridized carbons (Fsp3) is 0.375. The van der Waals surface area contributed by atoms with Gasteiger partial charge in [0.05, 0.1) is 10.2 Å². The maximum atomic E-state index is 12.3. The first-order valence-electron chi connectivity index (χ1n) is 8.29. The van der Waals surface area contributed by atoms with Gasteiger partial charge in [0.25, 0.3) is 0 Å². The molecular formula is C16H19N7OS. The number of anilines is 2. The number of rotatable bonds is 3. The maximum Gasteiger partial charge on any atom is 0.324 e. The predicted octanol–water partition coefficient (Wildman–Crippen LogP) is 2.26. The molecule has 9 heteroatoms. The summed E-state index contributed by atoms with van der Waals surface area (Å²) >= 11 is 1.69.